The summed E-state index contributed by atoms with van der Waals surface area (Å²) < 4.78 is 33.4. The molecule has 3 N–H and O–H groups in total. The van der Waals surface area contributed by atoms with Gasteiger partial charge in [0.05, 0.1) is 24.3 Å². The van der Waals surface area contributed by atoms with E-state index < -0.39 is 23.7 Å². The molecule has 0 aromatic heterocycles. The number of aliphatic hydroxyl groups is 1. The molecule has 3 aromatic carbocycles. The molecule has 2 aliphatic heterocycles. The van der Waals surface area contributed by atoms with Crippen LogP contribution >= 0.6 is 0 Å². The van der Waals surface area contributed by atoms with Gasteiger partial charge in [-0.3, -0.25) is 10.1 Å². The van der Waals surface area contributed by atoms with Gasteiger partial charge >= 0.3 is 6.09 Å². The van der Waals surface area contributed by atoms with Crippen LogP contribution in [0.1, 0.15) is 47.9 Å². The second kappa shape index (κ2) is 11.5. The largest absolute Gasteiger partial charge is 0.438 e. The summed E-state index contributed by atoms with van der Waals surface area (Å²) in [7, 11) is 0. The van der Waals surface area contributed by atoms with Crippen molar-refractivity contribution in [2.45, 2.75) is 36.8 Å². The lowest BCUT2D eigenvalue weighted by atomic mass is 9.82. The van der Waals surface area contributed by atoms with Crippen molar-refractivity contribution in [1.82, 2.24) is 10.2 Å². The first-order valence-corrected chi connectivity index (χ1v) is 13.1. The first-order valence-electron chi connectivity index (χ1n) is 13.1. The van der Waals surface area contributed by atoms with Crippen LogP contribution in [0.4, 0.5) is 19.3 Å². The number of ether oxygens (including phenoxy) is 1. The Balaban J connectivity index is 1.28. The minimum absolute atomic E-state index is 0.254. The first kappa shape index (κ1) is 26.8. The molecule has 0 bridgehead atoms. The normalized spacial score (nSPS) is 18.0. The molecule has 1 spiro atoms. The van der Waals surface area contributed by atoms with E-state index in [1.54, 1.807) is 18.2 Å². The number of aliphatic hydroxyl groups excluding tert-OH is 1. The van der Waals surface area contributed by atoms with E-state index >= 15 is 0 Å². The summed E-state index contributed by atoms with van der Waals surface area (Å²) in [6.07, 6.45) is 0.896. The molecule has 0 radical (unpaired) electrons. The third-order valence-electron chi connectivity index (χ3n) is 7.68. The van der Waals surface area contributed by atoms with Gasteiger partial charge in [0.1, 0.15) is 17.2 Å². The van der Waals surface area contributed by atoms with Gasteiger partial charge in [-0.1, -0.05) is 42.5 Å². The quantitative estimate of drug-likeness (QED) is 0.384. The Morgan fingerprint density at radius 3 is 2.38 bits per heavy atom. The van der Waals surface area contributed by atoms with Gasteiger partial charge in [0.15, 0.2) is 0 Å². The fourth-order valence-electron chi connectivity index (χ4n) is 5.53. The molecule has 2 unspecified atom stereocenters. The highest BCUT2D eigenvalue weighted by Gasteiger charge is 2.44. The second-order valence-electron chi connectivity index (χ2n) is 10.1. The summed E-state index contributed by atoms with van der Waals surface area (Å²) in [4.78, 5) is 27.9. The lowest BCUT2D eigenvalue weighted by molar-refractivity contribution is -0.124. The Morgan fingerprint density at radius 2 is 1.69 bits per heavy atom. The standard InChI is InChI=1S/C30H31F2N3O4/c31-22-8-6-20(7-9-22)24(28(37)33-27(19-36)21-4-2-1-3-5-21)12-15-35-16-13-30(14-17-35)25-18-23(32)10-11-26(25)34-29(38)39-30/h1-11,18,24,27,36H,12-17,19H2,(H,33,37)(H,34,38). The zero-order valence-corrected chi connectivity index (χ0v) is 21.4. The van der Waals surface area contributed by atoms with Crippen LogP contribution in [0.2, 0.25) is 0 Å². The van der Waals surface area contributed by atoms with Gasteiger partial charge in [0.2, 0.25) is 5.91 Å². The molecule has 204 valence electrons. The van der Waals surface area contributed by atoms with Gasteiger partial charge < -0.3 is 20.1 Å². The Morgan fingerprint density at radius 1 is 1.00 bits per heavy atom. The highest BCUT2D eigenvalue weighted by Crippen LogP contribution is 2.43. The minimum Gasteiger partial charge on any atom is -0.438 e. The number of likely N-dealkylation sites (tertiary alicyclic amines) is 1. The highest BCUT2D eigenvalue weighted by atomic mass is 19.1. The smallest absolute Gasteiger partial charge is 0.412 e. The number of hydrogen-bond donors (Lipinski definition) is 3. The number of benzene rings is 3. The molecule has 2 aliphatic rings. The summed E-state index contributed by atoms with van der Waals surface area (Å²) in [6.45, 7) is 1.49. The first-order chi connectivity index (χ1) is 18.9. The van der Waals surface area contributed by atoms with E-state index in [9.17, 15) is 23.5 Å². The fraction of sp³-hybridized carbons (Fsp3) is 0.333. The summed E-state index contributed by atoms with van der Waals surface area (Å²) in [5.41, 5.74) is 1.78. The number of rotatable bonds is 8. The van der Waals surface area contributed by atoms with Gasteiger partial charge in [-0.05, 0) is 54.4 Å². The number of carbonyl (C=O) groups excluding carboxylic acids is 2. The SMILES string of the molecule is O=C1Nc2ccc(F)cc2C2(CCN(CCC(C(=O)NC(CO)c3ccccc3)c3ccc(F)cc3)CC2)O1. The molecular weight excluding hydrogens is 504 g/mol. The van der Waals surface area contributed by atoms with Crippen LogP contribution in [0.25, 0.3) is 0 Å². The van der Waals surface area contributed by atoms with Crippen LogP contribution in [-0.2, 0) is 15.1 Å². The topological polar surface area (TPSA) is 90.9 Å². The number of amides is 2. The summed E-state index contributed by atoms with van der Waals surface area (Å²) in [6, 6.07) is 18.9. The van der Waals surface area contributed by atoms with Gasteiger partial charge in [-0.25, -0.2) is 13.6 Å². The Labute approximate surface area is 225 Å². The molecule has 39 heavy (non-hydrogen) atoms. The average Bonchev–Trinajstić information content (AvgIpc) is 2.94. The van der Waals surface area contributed by atoms with Crippen LogP contribution < -0.4 is 10.6 Å². The average molecular weight is 536 g/mol. The molecule has 0 saturated carbocycles. The molecule has 1 fully saturated rings. The molecule has 9 heteroatoms. The van der Waals surface area contributed by atoms with Crippen LogP contribution in [0.15, 0.2) is 72.8 Å². The fourth-order valence-corrected chi connectivity index (χ4v) is 5.53. The predicted octanol–water partition coefficient (Wildman–Crippen LogP) is 4.84. The van der Waals surface area contributed by atoms with Crippen LogP contribution in [0, 0.1) is 11.6 Å². The molecule has 2 atom stereocenters. The van der Waals surface area contributed by atoms with E-state index in [2.05, 4.69) is 15.5 Å². The summed E-state index contributed by atoms with van der Waals surface area (Å²) in [5, 5.41) is 15.5. The zero-order valence-electron chi connectivity index (χ0n) is 21.4. The number of fused-ring (bicyclic) bond motifs is 2. The Hall–Kier alpha value is -3.82. The van der Waals surface area contributed by atoms with Crippen molar-refractivity contribution in [2.24, 2.45) is 0 Å². The lowest BCUT2D eigenvalue weighted by Crippen LogP contribution is -2.48. The molecule has 1 saturated heterocycles. The lowest BCUT2D eigenvalue weighted by Gasteiger charge is -2.44. The van der Waals surface area contributed by atoms with Gasteiger partial charge in [0, 0.05) is 31.5 Å². The predicted molar refractivity (Wildman–Crippen MR) is 142 cm³/mol. The Kier molecular flexibility index (Phi) is 7.90. The molecule has 2 amide bonds. The zero-order chi connectivity index (χ0) is 27.4. The number of anilines is 1. The van der Waals surface area contributed by atoms with E-state index in [1.807, 2.05) is 30.3 Å². The number of piperidine rings is 1. The van der Waals surface area contributed by atoms with Crippen LogP contribution in [0.3, 0.4) is 0 Å². The van der Waals surface area contributed by atoms with E-state index in [1.165, 1.54) is 24.3 Å². The van der Waals surface area contributed by atoms with E-state index in [-0.39, 0.29) is 24.1 Å². The maximum atomic E-state index is 14.0. The van der Waals surface area contributed by atoms with Gasteiger partial charge in [0.25, 0.3) is 0 Å². The second-order valence-corrected chi connectivity index (χ2v) is 10.1. The van der Waals surface area contributed by atoms with Crippen molar-refractivity contribution in [3.8, 4) is 0 Å². The summed E-state index contributed by atoms with van der Waals surface area (Å²) >= 11 is 0. The Bertz CT molecular complexity index is 1310. The van der Waals surface area contributed by atoms with Crippen molar-refractivity contribution >= 4 is 17.7 Å². The van der Waals surface area contributed by atoms with E-state index in [4.69, 9.17) is 4.74 Å². The minimum atomic E-state index is -0.895. The monoisotopic (exact) mass is 535 g/mol. The molecule has 5 rings (SSSR count). The van der Waals surface area contributed by atoms with Crippen LogP contribution in [-0.4, -0.2) is 48.2 Å². The van der Waals surface area contributed by atoms with Crippen molar-refractivity contribution in [1.29, 1.82) is 0 Å². The number of carbonyl (C=O) groups is 2. The van der Waals surface area contributed by atoms with Crippen LogP contribution in [0.5, 0.6) is 0 Å². The summed E-state index contributed by atoms with van der Waals surface area (Å²) in [5.74, 6) is -1.59. The molecular formula is C30H31F2N3O4. The molecule has 7 nitrogen and oxygen atoms in total. The molecule has 3 aromatic rings. The highest BCUT2D eigenvalue weighted by molar-refractivity contribution is 5.89. The third-order valence-corrected chi connectivity index (χ3v) is 7.68. The molecule has 0 aliphatic carbocycles. The number of halogens is 2. The van der Waals surface area contributed by atoms with Gasteiger partial charge in [-0.2, -0.15) is 0 Å². The number of hydrogen-bond acceptors (Lipinski definition) is 5. The number of nitrogens with zero attached hydrogens (tertiary/aromatic N) is 1. The van der Waals surface area contributed by atoms with Crippen molar-refractivity contribution in [3.05, 3.63) is 101 Å². The van der Waals surface area contributed by atoms with E-state index in [0.717, 1.165) is 5.56 Å². The van der Waals surface area contributed by atoms with Gasteiger partial charge in [-0.15, -0.1) is 0 Å². The number of nitrogens with one attached hydrogen (secondary N) is 2. The maximum Gasteiger partial charge on any atom is 0.412 e. The van der Waals surface area contributed by atoms with Crippen molar-refractivity contribution in [2.75, 3.05) is 31.6 Å². The van der Waals surface area contributed by atoms with Crippen molar-refractivity contribution < 1.29 is 28.2 Å². The third kappa shape index (κ3) is 5.94. The maximum absolute atomic E-state index is 14.0. The van der Waals surface area contributed by atoms with Crippen molar-refractivity contribution in [3.63, 3.8) is 0 Å². The van der Waals surface area contributed by atoms with E-state index in [0.29, 0.717) is 55.7 Å². The molecule has 2 heterocycles.